The van der Waals surface area contributed by atoms with Gasteiger partial charge in [0.25, 0.3) is 5.91 Å². The molecule has 3 aromatic rings. The fourth-order valence-electron chi connectivity index (χ4n) is 4.31. The van der Waals surface area contributed by atoms with Gasteiger partial charge < -0.3 is 4.42 Å². The minimum Gasteiger partial charge on any atom is -0.457 e. The zero-order valence-corrected chi connectivity index (χ0v) is 20.7. The highest BCUT2D eigenvalue weighted by Gasteiger charge is 2.35. The Hall–Kier alpha value is -2.86. The van der Waals surface area contributed by atoms with Crippen LogP contribution in [0.1, 0.15) is 23.7 Å². The molecule has 2 aliphatic rings. The zero-order valence-electron chi connectivity index (χ0n) is 18.3. The molecule has 34 heavy (non-hydrogen) atoms. The number of carbonyl (C=O) groups is 1. The average molecular weight is 504 g/mol. The van der Waals surface area contributed by atoms with Gasteiger partial charge in [0.15, 0.2) is 0 Å². The lowest BCUT2D eigenvalue weighted by atomic mass is 9.82. The summed E-state index contributed by atoms with van der Waals surface area (Å²) >= 11 is 13.2. The predicted molar refractivity (Wildman–Crippen MR) is 145 cm³/mol. The van der Waals surface area contributed by atoms with Crippen LogP contribution in [0, 0.1) is 5.92 Å². The molecule has 0 bridgehead atoms. The van der Waals surface area contributed by atoms with Crippen molar-refractivity contribution in [3.63, 3.8) is 0 Å². The zero-order chi connectivity index (χ0) is 23.5. The van der Waals surface area contributed by atoms with E-state index < -0.39 is 0 Å². The Morgan fingerprint density at radius 3 is 2.65 bits per heavy atom. The summed E-state index contributed by atoms with van der Waals surface area (Å²) in [5.41, 5.74) is 2.03. The van der Waals surface area contributed by atoms with Crippen molar-refractivity contribution in [2.24, 2.45) is 5.92 Å². The first-order valence-electron chi connectivity index (χ1n) is 11.1. The predicted octanol–water partition coefficient (Wildman–Crippen LogP) is 7.72. The number of rotatable bonds is 6. The molecule has 1 aliphatic carbocycles. The SMILES string of the molecule is O=C1/C(=C/c2ccc(-c3ccccc3Cl)o2)SC(=S)N1CC(c1ccccc1)C1C=CC=CC1. The molecule has 2 unspecified atom stereocenters. The minimum atomic E-state index is -0.0815. The first kappa shape index (κ1) is 22.9. The van der Waals surface area contributed by atoms with Gasteiger partial charge in [-0.1, -0.05) is 102 Å². The Morgan fingerprint density at radius 1 is 1.09 bits per heavy atom. The first-order valence-corrected chi connectivity index (χ1v) is 12.7. The molecule has 1 amide bonds. The summed E-state index contributed by atoms with van der Waals surface area (Å²) in [6.45, 7) is 0.540. The Bertz CT molecular complexity index is 1310. The van der Waals surface area contributed by atoms with E-state index in [4.69, 9.17) is 28.2 Å². The Labute approximate surface area is 213 Å². The summed E-state index contributed by atoms with van der Waals surface area (Å²) in [6, 6.07) is 21.6. The highest BCUT2D eigenvalue weighted by atomic mass is 35.5. The lowest BCUT2D eigenvalue weighted by Crippen LogP contribution is -2.34. The second-order valence-corrected chi connectivity index (χ2v) is 10.3. The van der Waals surface area contributed by atoms with Gasteiger partial charge in [-0.25, -0.2) is 0 Å². The van der Waals surface area contributed by atoms with Crippen LogP contribution in [-0.4, -0.2) is 21.7 Å². The van der Waals surface area contributed by atoms with Gasteiger partial charge in [0.05, 0.1) is 9.93 Å². The molecule has 1 aromatic heterocycles. The number of thiocarbonyl (C=S) groups is 1. The van der Waals surface area contributed by atoms with Crippen LogP contribution in [0.2, 0.25) is 5.02 Å². The van der Waals surface area contributed by atoms with Crippen molar-refractivity contribution in [2.75, 3.05) is 6.54 Å². The van der Waals surface area contributed by atoms with Gasteiger partial charge in [-0.05, 0) is 42.2 Å². The smallest absolute Gasteiger partial charge is 0.266 e. The molecule has 1 aliphatic heterocycles. The molecule has 0 radical (unpaired) electrons. The molecule has 6 heteroatoms. The van der Waals surface area contributed by atoms with Crippen molar-refractivity contribution >= 4 is 51.9 Å². The molecule has 2 atom stereocenters. The maximum absolute atomic E-state index is 13.4. The van der Waals surface area contributed by atoms with Crippen LogP contribution in [-0.2, 0) is 4.79 Å². The molecule has 1 fully saturated rings. The number of furan rings is 1. The summed E-state index contributed by atoms with van der Waals surface area (Å²) in [6.07, 6.45) is 11.3. The van der Waals surface area contributed by atoms with Crippen molar-refractivity contribution in [2.45, 2.75) is 12.3 Å². The normalized spacial score (nSPS) is 19.9. The van der Waals surface area contributed by atoms with E-state index in [1.165, 1.54) is 17.3 Å². The van der Waals surface area contributed by atoms with Gasteiger partial charge in [0.2, 0.25) is 0 Å². The van der Waals surface area contributed by atoms with Crippen molar-refractivity contribution < 1.29 is 9.21 Å². The van der Waals surface area contributed by atoms with Crippen LogP contribution >= 0.6 is 35.6 Å². The molecule has 1 saturated heterocycles. The summed E-state index contributed by atoms with van der Waals surface area (Å²) in [7, 11) is 0. The number of benzene rings is 2. The second-order valence-electron chi connectivity index (χ2n) is 8.20. The quantitative estimate of drug-likeness (QED) is 0.254. The number of nitrogens with zero attached hydrogens (tertiary/aromatic N) is 1. The summed E-state index contributed by atoms with van der Waals surface area (Å²) < 4.78 is 6.55. The van der Waals surface area contributed by atoms with Crippen LogP contribution < -0.4 is 0 Å². The summed E-state index contributed by atoms with van der Waals surface area (Å²) in [5, 5.41) is 0.619. The molecule has 170 valence electrons. The second kappa shape index (κ2) is 10.2. The van der Waals surface area contributed by atoms with Gasteiger partial charge in [-0.2, -0.15) is 0 Å². The highest BCUT2D eigenvalue weighted by Crippen LogP contribution is 2.38. The van der Waals surface area contributed by atoms with E-state index in [0.717, 1.165) is 12.0 Å². The van der Waals surface area contributed by atoms with E-state index in [2.05, 4.69) is 36.4 Å². The van der Waals surface area contributed by atoms with E-state index in [0.29, 0.717) is 38.2 Å². The van der Waals surface area contributed by atoms with Gasteiger partial charge in [0.1, 0.15) is 15.8 Å². The maximum Gasteiger partial charge on any atom is 0.266 e. The first-order chi connectivity index (χ1) is 16.6. The van der Waals surface area contributed by atoms with Crippen molar-refractivity contribution in [3.05, 3.63) is 112 Å². The molecule has 3 nitrogen and oxygen atoms in total. The standard InChI is InChI=1S/C28H22ClNO2S2/c29-24-14-8-7-13-22(24)25-16-15-21(32-25)17-26-27(31)30(28(33)34-26)18-23(19-9-3-1-4-10-19)20-11-5-2-6-12-20/h1-11,13-17,20,23H,12,18H2/b26-17-. The monoisotopic (exact) mass is 503 g/mol. The largest absolute Gasteiger partial charge is 0.457 e. The topological polar surface area (TPSA) is 33.5 Å². The number of carbonyl (C=O) groups excluding carboxylic acids is 1. The fourth-order valence-corrected chi connectivity index (χ4v) is 5.79. The number of allylic oxidation sites excluding steroid dienone is 4. The van der Waals surface area contributed by atoms with Gasteiger partial charge in [-0.3, -0.25) is 9.69 Å². The van der Waals surface area contributed by atoms with E-state index in [1.54, 1.807) is 11.0 Å². The number of hydrogen-bond acceptors (Lipinski definition) is 4. The number of amides is 1. The van der Waals surface area contributed by atoms with Crippen molar-refractivity contribution in [3.8, 4) is 11.3 Å². The van der Waals surface area contributed by atoms with Crippen molar-refractivity contribution in [1.82, 2.24) is 4.90 Å². The molecule has 0 N–H and O–H groups in total. The molecular formula is C28H22ClNO2S2. The van der Waals surface area contributed by atoms with E-state index in [9.17, 15) is 4.79 Å². The van der Waals surface area contributed by atoms with Crippen LogP contribution in [0.3, 0.4) is 0 Å². The van der Waals surface area contributed by atoms with Gasteiger partial charge in [0, 0.05) is 24.1 Å². The lowest BCUT2D eigenvalue weighted by molar-refractivity contribution is -0.122. The summed E-state index contributed by atoms with van der Waals surface area (Å²) in [5.74, 6) is 1.63. The molecule has 2 heterocycles. The lowest BCUT2D eigenvalue weighted by Gasteiger charge is -2.29. The van der Waals surface area contributed by atoms with Crippen LogP contribution in [0.15, 0.2) is 100 Å². The van der Waals surface area contributed by atoms with Crippen molar-refractivity contribution in [1.29, 1.82) is 0 Å². The maximum atomic E-state index is 13.4. The Kier molecular flexibility index (Phi) is 6.86. The Balaban J connectivity index is 1.38. The van der Waals surface area contributed by atoms with Crippen LogP contribution in [0.4, 0.5) is 0 Å². The van der Waals surface area contributed by atoms with Gasteiger partial charge >= 0.3 is 0 Å². The molecule has 2 aromatic carbocycles. The third kappa shape index (κ3) is 4.83. The third-order valence-corrected chi connectivity index (χ3v) is 7.76. The third-order valence-electron chi connectivity index (χ3n) is 6.05. The molecule has 0 saturated carbocycles. The van der Waals surface area contributed by atoms with E-state index in [-0.39, 0.29) is 11.8 Å². The van der Waals surface area contributed by atoms with Gasteiger partial charge in [-0.15, -0.1) is 0 Å². The number of hydrogen-bond donors (Lipinski definition) is 0. The molecular weight excluding hydrogens is 482 g/mol. The number of halogens is 1. The van der Waals surface area contributed by atoms with E-state index in [1.807, 2.05) is 54.6 Å². The summed E-state index contributed by atoms with van der Waals surface area (Å²) in [4.78, 5) is 15.7. The average Bonchev–Trinajstić information content (AvgIpc) is 3.43. The molecule has 5 rings (SSSR count). The fraction of sp³-hybridized carbons (Fsp3) is 0.143. The number of thioether (sulfide) groups is 1. The van der Waals surface area contributed by atoms with Crippen LogP contribution in [0.25, 0.3) is 17.4 Å². The molecule has 0 spiro atoms. The highest BCUT2D eigenvalue weighted by molar-refractivity contribution is 8.26. The van der Waals surface area contributed by atoms with Crippen LogP contribution in [0.5, 0.6) is 0 Å². The Morgan fingerprint density at radius 2 is 1.88 bits per heavy atom. The van der Waals surface area contributed by atoms with E-state index >= 15 is 0 Å². The minimum absolute atomic E-state index is 0.0815.